The average molecular weight is 702 g/mol. The number of anilines is 1. The van der Waals surface area contributed by atoms with E-state index >= 15 is 0 Å². The number of ether oxygens (including phenoxy) is 1. The SMILES string of the molecule is CCCCOc1cc(CCc2cc(CN(C)CCNN3CCCC/C3=C\c3c(Cl)ccc4cc(C(=O)O)n(C)c34)nn2C)cc2c1NCCC2. The number of carbonyl (C=O) groups is 1. The lowest BCUT2D eigenvalue weighted by molar-refractivity contribution is 0.0687. The Labute approximate surface area is 301 Å². The van der Waals surface area contributed by atoms with Crippen LogP contribution in [0.5, 0.6) is 5.75 Å². The van der Waals surface area contributed by atoms with Gasteiger partial charge in [0.15, 0.2) is 0 Å². The lowest BCUT2D eigenvalue weighted by Crippen LogP contribution is -2.43. The number of rotatable bonds is 15. The molecule has 0 atom stereocenters. The molecule has 4 heterocycles. The van der Waals surface area contributed by atoms with Gasteiger partial charge in [0, 0.05) is 74.2 Å². The number of piperidine rings is 1. The summed E-state index contributed by atoms with van der Waals surface area (Å²) in [5, 5.41) is 21.8. The van der Waals surface area contributed by atoms with Gasteiger partial charge >= 0.3 is 5.97 Å². The van der Waals surface area contributed by atoms with E-state index in [-0.39, 0.29) is 5.69 Å². The van der Waals surface area contributed by atoms with E-state index in [1.54, 1.807) is 17.7 Å². The number of fused-ring (bicyclic) bond motifs is 2. The number of benzene rings is 2. The highest BCUT2D eigenvalue weighted by Gasteiger charge is 2.20. The van der Waals surface area contributed by atoms with Crippen LogP contribution in [0.1, 0.15) is 84.0 Å². The van der Waals surface area contributed by atoms with Gasteiger partial charge in [-0.3, -0.25) is 9.58 Å². The number of unbranched alkanes of at least 4 members (excludes halogenated alkanes) is 1. The van der Waals surface area contributed by atoms with Crippen LogP contribution in [0.3, 0.4) is 0 Å². The monoisotopic (exact) mass is 701 g/mol. The number of carboxylic acids is 1. The molecule has 4 aromatic rings. The number of likely N-dealkylation sites (N-methyl/N-ethyl adjacent to an activating group) is 1. The number of nitrogens with zero attached hydrogens (tertiary/aromatic N) is 5. The average Bonchev–Trinajstić information content (AvgIpc) is 3.63. The van der Waals surface area contributed by atoms with Crippen LogP contribution in [-0.2, 0) is 39.9 Å². The van der Waals surface area contributed by atoms with Crippen LogP contribution in [0, 0.1) is 0 Å². The molecule has 0 amide bonds. The number of halogens is 1. The second-order valence-electron chi connectivity index (χ2n) is 13.8. The van der Waals surface area contributed by atoms with Crippen molar-refractivity contribution < 1.29 is 14.6 Å². The van der Waals surface area contributed by atoms with Crippen molar-refractivity contribution in [3.63, 3.8) is 0 Å². The molecule has 2 aromatic carbocycles. The third-order valence-electron chi connectivity index (χ3n) is 9.97. The number of carboxylic acid groups (broad SMARTS) is 1. The molecule has 2 aliphatic rings. The number of nitrogens with one attached hydrogen (secondary N) is 2. The summed E-state index contributed by atoms with van der Waals surface area (Å²) in [6.45, 7) is 7.29. The van der Waals surface area contributed by atoms with Crippen molar-refractivity contribution in [2.45, 2.75) is 71.3 Å². The van der Waals surface area contributed by atoms with E-state index in [1.807, 2.05) is 23.9 Å². The first-order valence-electron chi connectivity index (χ1n) is 18.2. The normalized spacial score (nSPS) is 15.6. The Balaban J connectivity index is 1.05. The van der Waals surface area contributed by atoms with Gasteiger partial charge in [0.05, 0.1) is 23.5 Å². The molecule has 0 bridgehead atoms. The Hall–Kier alpha value is -3.99. The highest BCUT2D eigenvalue weighted by atomic mass is 35.5. The second kappa shape index (κ2) is 16.4. The molecule has 0 aliphatic carbocycles. The van der Waals surface area contributed by atoms with Crippen LogP contribution < -0.4 is 15.5 Å². The van der Waals surface area contributed by atoms with Gasteiger partial charge < -0.3 is 24.7 Å². The summed E-state index contributed by atoms with van der Waals surface area (Å²) in [6.07, 6.45) is 11.6. The number of aromatic carboxylic acids is 1. The van der Waals surface area contributed by atoms with Crippen molar-refractivity contribution in [2.75, 3.05) is 45.2 Å². The third-order valence-corrected chi connectivity index (χ3v) is 10.3. The maximum absolute atomic E-state index is 11.8. The molecule has 0 saturated carbocycles. The van der Waals surface area contributed by atoms with Gasteiger partial charge in [0.1, 0.15) is 11.4 Å². The quantitative estimate of drug-likeness (QED) is 0.114. The number of aromatic nitrogens is 3. The molecule has 3 N–H and O–H groups in total. The van der Waals surface area contributed by atoms with E-state index < -0.39 is 5.97 Å². The van der Waals surface area contributed by atoms with Gasteiger partial charge in [-0.25, -0.2) is 10.2 Å². The zero-order valence-corrected chi connectivity index (χ0v) is 30.8. The molecule has 11 heteroatoms. The first kappa shape index (κ1) is 35.8. The topological polar surface area (TPSA) is 99.8 Å². The van der Waals surface area contributed by atoms with Gasteiger partial charge in [0.2, 0.25) is 0 Å². The molecule has 0 spiro atoms. The fourth-order valence-corrected chi connectivity index (χ4v) is 7.45. The van der Waals surface area contributed by atoms with Crippen LogP contribution >= 0.6 is 11.6 Å². The highest BCUT2D eigenvalue weighted by molar-refractivity contribution is 6.33. The number of hydrazine groups is 1. The van der Waals surface area contributed by atoms with Crippen molar-refractivity contribution in [3.05, 3.63) is 80.9 Å². The van der Waals surface area contributed by atoms with Gasteiger partial charge in [0.25, 0.3) is 0 Å². The van der Waals surface area contributed by atoms with Crippen LogP contribution in [0.4, 0.5) is 5.69 Å². The zero-order chi connectivity index (χ0) is 35.2. The lowest BCUT2D eigenvalue weighted by Gasteiger charge is -2.33. The zero-order valence-electron chi connectivity index (χ0n) is 30.0. The smallest absolute Gasteiger partial charge is 0.352 e. The van der Waals surface area contributed by atoms with E-state index in [0.29, 0.717) is 5.02 Å². The number of allylic oxidation sites excluding steroid dienone is 1. The van der Waals surface area contributed by atoms with Gasteiger partial charge in [-0.15, -0.1) is 0 Å². The van der Waals surface area contributed by atoms with Gasteiger partial charge in [-0.2, -0.15) is 5.10 Å². The largest absolute Gasteiger partial charge is 0.491 e. The summed E-state index contributed by atoms with van der Waals surface area (Å²) in [4.78, 5) is 14.1. The molecule has 2 aromatic heterocycles. The van der Waals surface area contributed by atoms with Gasteiger partial charge in [-0.05, 0) is 99.9 Å². The van der Waals surface area contributed by atoms with E-state index in [9.17, 15) is 9.90 Å². The Morgan fingerprint density at radius 3 is 2.82 bits per heavy atom. The second-order valence-corrected chi connectivity index (χ2v) is 14.2. The summed E-state index contributed by atoms with van der Waals surface area (Å²) >= 11 is 6.70. The molecule has 50 heavy (non-hydrogen) atoms. The minimum Gasteiger partial charge on any atom is -0.491 e. The van der Waals surface area contributed by atoms with Gasteiger partial charge in [-0.1, -0.05) is 37.1 Å². The Morgan fingerprint density at radius 1 is 1.14 bits per heavy atom. The molecular weight excluding hydrogens is 650 g/mol. The van der Waals surface area contributed by atoms with E-state index in [4.69, 9.17) is 21.4 Å². The Bertz CT molecular complexity index is 1840. The minimum absolute atomic E-state index is 0.248. The summed E-state index contributed by atoms with van der Waals surface area (Å²) < 4.78 is 9.98. The highest BCUT2D eigenvalue weighted by Crippen LogP contribution is 2.35. The fraction of sp³-hybridized carbons (Fsp3) is 0.487. The fourth-order valence-electron chi connectivity index (χ4n) is 7.25. The summed E-state index contributed by atoms with van der Waals surface area (Å²) in [6, 6.07) is 12.3. The summed E-state index contributed by atoms with van der Waals surface area (Å²) in [7, 11) is 5.97. The van der Waals surface area contributed by atoms with Crippen LogP contribution in [0.15, 0.2) is 42.1 Å². The maximum atomic E-state index is 11.8. The number of aryl methyl sites for hydroxylation is 5. The van der Waals surface area contributed by atoms with E-state index in [2.05, 4.69) is 58.9 Å². The molecular formula is C39H52ClN7O3. The first-order valence-corrected chi connectivity index (χ1v) is 18.5. The van der Waals surface area contributed by atoms with E-state index in [0.717, 1.165) is 131 Å². The van der Waals surface area contributed by atoms with Crippen LogP contribution in [-0.4, -0.2) is 75.2 Å². The Morgan fingerprint density at radius 2 is 2.00 bits per heavy atom. The van der Waals surface area contributed by atoms with E-state index in [1.165, 1.54) is 22.5 Å². The molecule has 1 saturated heterocycles. The van der Waals surface area contributed by atoms with Crippen LogP contribution in [0.2, 0.25) is 5.02 Å². The predicted octanol–water partition coefficient (Wildman–Crippen LogP) is 7.05. The summed E-state index contributed by atoms with van der Waals surface area (Å²) in [5.74, 6) is 0.0565. The molecule has 1 fully saturated rings. The molecule has 2 aliphatic heterocycles. The maximum Gasteiger partial charge on any atom is 0.352 e. The van der Waals surface area contributed by atoms with Crippen LogP contribution in [0.25, 0.3) is 17.0 Å². The molecule has 0 radical (unpaired) electrons. The minimum atomic E-state index is -0.948. The van der Waals surface area contributed by atoms with Crippen molar-refractivity contribution in [2.24, 2.45) is 14.1 Å². The van der Waals surface area contributed by atoms with Crippen molar-refractivity contribution >= 4 is 40.2 Å². The molecule has 6 rings (SSSR count). The number of hydrogen-bond acceptors (Lipinski definition) is 7. The molecule has 10 nitrogen and oxygen atoms in total. The van der Waals surface area contributed by atoms with Crippen molar-refractivity contribution in [1.29, 1.82) is 0 Å². The number of hydrogen-bond donors (Lipinski definition) is 3. The lowest BCUT2D eigenvalue weighted by atomic mass is 9.97. The predicted molar refractivity (Wildman–Crippen MR) is 202 cm³/mol. The standard InChI is InChI=1S/C39H52ClN7O3/c1-5-6-20-50-36-22-27(21-28-10-9-16-41-37(28)36)12-14-31-24-30(43-46(31)4)26-44(2)19-17-42-47-18-8-7-11-32(47)25-33-34(40)15-13-29-23-35(39(48)49)45(3)38(29)33/h13,15,21-25,41-42H,5-12,14,16-20,26H2,1-4H3,(H,48,49)/b32-25+. The Kier molecular flexibility index (Phi) is 11.7. The molecule has 0 unspecified atom stereocenters. The summed E-state index contributed by atoms with van der Waals surface area (Å²) in [5.41, 5.74) is 13.0. The van der Waals surface area contributed by atoms with Crippen molar-refractivity contribution in [1.82, 2.24) is 29.7 Å². The molecule has 268 valence electrons. The third kappa shape index (κ3) is 8.30. The van der Waals surface area contributed by atoms with Crippen molar-refractivity contribution in [3.8, 4) is 5.75 Å². The first-order chi connectivity index (χ1) is 24.2.